The minimum absolute atomic E-state index is 0.102. The van der Waals surface area contributed by atoms with Crippen LogP contribution in [0.25, 0.3) is 0 Å². The largest absolute Gasteiger partial charge is 0.508 e. The lowest BCUT2D eigenvalue weighted by Gasteiger charge is -2.52. The number of rotatable bonds is 12. The molecule has 3 aromatic carbocycles. The maximum atomic E-state index is 13.7. The summed E-state index contributed by atoms with van der Waals surface area (Å²) in [6.07, 6.45) is -2.41. The van der Waals surface area contributed by atoms with E-state index in [1.807, 2.05) is 24.3 Å². The van der Waals surface area contributed by atoms with E-state index in [-0.39, 0.29) is 24.6 Å². The molecule has 0 aliphatic carbocycles. The molecular weight excluding hydrogens is 548 g/mol. The van der Waals surface area contributed by atoms with Gasteiger partial charge < -0.3 is 29.0 Å². The number of aliphatic carboxylic acids is 1. The van der Waals surface area contributed by atoms with Gasteiger partial charge in [0.25, 0.3) is 5.69 Å². The lowest BCUT2D eigenvalue weighted by molar-refractivity contribution is -0.384. The zero-order chi connectivity index (χ0) is 30.4. The van der Waals surface area contributed by atoms with Gasteiger partial charge in [-0.05, 0) is 60.0 Å². The van der Waals surface area contributed by atoms with Crippen molar-refractivity contribution in [3.05, 3.63) is 99.6 Å². The first-order valence-corrected chi connectivity index (χ1v) is 13.0. The summed E-state index contributed by atoms with van der Waals surface area (Å²) in [6, 6.07) is 18.3. The Morgan fingerprint density at radius 2 is 1.45 bits per heavy atom. The van der Waals surface area contributed by atoms with Crippen LogP contribution in [-0.4, -0.2) is 59.3 Å². The number of non-ortho nitro benzene ring substituents is 1. The monoisotopic (exact) mass is 578 g/mol. The van der Waals surface area contributed by atoms with Crippen molar-refractivity contribution in [2.45, 2.75) is 38.1 Å². The van der Waals surface area contributed by atoms with E-state index in [1.54, 1.807) is 38.5 Å². The highest BCUT2D eigenvalue weighted by atomic mass is 16.7. The number of hydrogen-bond acceptors (Lipinski definition) is 9. The fourth-order valence-corrected chi connectivity index (χ4v) is 5.03. The third-order valence-corrected chi connectivity index (χ3v) is 7.13. The average molecular weight is 579 g/mol. The summed E-state index contributed by atoms with van der Waals surface area (Å²) in [4.78, 5) is 49.8. The molecule has 3 atom stereocenters. The summed E-state index contributed by atoms with van der Waals surface area (Å²) >= 11 is 0. The molecule has 0 saturated carbocycles. The average Bonchev–Trinajstić information content (AvgIpc) is 2.98. The summed E-state index contributed by atoms with van der Waals surface area (Å²) in [5, 5.41) is 20.5. The fourth-order valence-electron chi connectivity index (χ4n) is 5.03. The van der Waals surface area contributed by atoms with Crippen LogP contribution in [0.1, 0.15) is 36.1 Å². The van der Waals surface area contributed by atoms with Crippen molar-refractivity contribution in [3.8, 4) is 11.5 Å². The molecule has 1 aliphatic heterocycles. The number of nitro benzene ring substituents is 1. The highest BCUT2D eigenvalue weighted by Gasteiger charge is 2.55. The summed E-state index contributed by atoms with van der Waals surface area (Å²) in [5.74, 6) is -1.17. The van der Waals surface area contributed by atoms with E-state index in [9.17, 15) is 29.6 Å². The minimum atomic E-state index is -1.11. The number of ether oxygens (including phenoxy) is 4. The van der Waals surface area contributed by atoms with Gasteiger partial charge >= 0.3 is 12.1 Å². The van der Waals surface area contributed by atoms with E-state index in [0.29, 0.717) is 17.1 Å². The van der Waals surface area contributed by atoms with Crippen LogP contribution in [0.15, 0.2) is 72.8 Å². The predicted molar refractivity (Wildman–Crippen MR) is 148 cm³/mol. The van der Waals surface area contributed by atoms with E-state index in [4.69, 9.17) is 18.9 Å². The Labute approximate surface area is 241 Å². The molecule has 0 aromatic heterocycles. The van der Waals surface area contributed by atoms with Crippen molar-refractivity contribution in [1.29, 1.82) is 0 Å². The first kappa shape index (κ1) is 29.8. The molecule has 42 heavy (non-hydrogen) atoms. The van der Waals surface area contributed by atoms with Crippen molar-refractivity contribution < 1.29 is 43.4 Å². The second-order valence-corrected chi connectivity index (χ2v) is 9.67. The number of methoxy groups -OCH3 is 2. The van der Waals surface area contributed by atoms with Crippen LogP contribution in [0.2, 0.25) is 0 Å². The van der Waals surface area contributed by atoms with Crippen LogP contribution in [0.5, 0.6) is 11.5 Å². The lowest BCUT2D eigenvalue weighted by atomic mass is 9.78. The van der Waals surface area contributed by atoms with Gasteiger partial charge in [-0.2, -0.15) is 0 Å². The van der Waals surface area contributed by atoms with E-state index >= 15 is 0 Å². The molecule has 1 fully saturated rings. The normalized spacial score (nSPS) is 16.8. The molecule has 3 aromatic rings. The SMILES string of the molecule is COc1ccc(C(c2ccc(OC)cc2)N2C(=O)C(C(C)OC(=O)OCc3ccc([N+](=O)[O-])cc3)C2CC(=O)O)cc1. The second kappa shape index (κ2) is 13.0. The van der Waals surface area contributed by atoms with Gasteiger partial charge in [0, 0.05) is 12.1 Å². The van der Waals surface area contributed by atoms with Crippen LogP contribution < -0.4 is 9.47 Å². The number of hydrogen-bond donors (Lipinski definition) is 1. The number of carboxylic acids is 1. The maximum absolute atomic E-state index is 13.7. The van der Waals surface area contributed by atoms with Crippen molar-refractivity contribution >= 4 is 23.7 Å². The molecule has 4 rings (SSSR count). The molecular formula is C30H30N2O10. The number of amides is 1. The van der Waals surface area contributed by atoms with Gasteiger partial charge in [-0.1, -0.05) is 24.3 Å². The summed E-state index contributed by atoms with van der Waals surface area (Å²) in [5.41, 5.74) is 1.87. The highest BCUT2D eigenvalue weighted by Crippen LogP contribution is 2.43. The molecule has 1 saturated heterocycles. The molecule has 0 radical (unpaired) electrons. The van der Waals surface area contributed by atoms with Gasteiger partial charge in [0.2, 0.25) is 5.91 Å². The number of carboxylic acid groups (broad SMARTS) is 1. The number of carbonyl (C=O) groups is 3. The Morgan fingerprint density at radius 3 is 1.90 bits per heavy atom. The molecule has 3 unspecified atom stereocenters. The molecule has 12 heteroatoms. The summed E-state index contributed by atoms with van der Waals surface area (Å²) < 4.78 is 21.0. The van der Waals surface area contributed by atoms with Crippen LogP contribution in [0.4, 0.5) is 10.5 Å². The van der Waals surface area contributed by atoms with Crippen molar-refractivity contribution in [1.82, 2.24) is 4.90 Å². The Hall–Kier alpha value is -5.13. The number of β-lactam (4-membered cyclic amide) rings is 1. The summed E-state index contributed by atoms with van der Waals surface area (Å²) in [6.45, 7) is 1.31. The van der Waals surface area contributed by atoms with Crippen LogP contribution in [-0.2, 0) is 25.7 Å². The first-order valence-electron chi connectivity index (χ1n) is 13.0. The molecule has 1 N–H and O–H groups in total. The predicted octanol–water partition coefficient (Wildman–Crippen LogP) is 4.75. The zero-order valence-corrected chi connectivity index (χ0v) is 23.2. The number of benzene rings is 3. The van der Waals surface area contributed by atoms with E-state index in [2.05, 4.69) is 0 Å². The topological polar surface area (TPSA) is 155 Å². The number of nitro groups is 1. The van der Waals surface area contributed by atoms with Gasteiger partial charge in [-0.25, -0.2) is 4.79 Å². The molecule has 1 amide bonds. The molecule has 220 valence electrons. The molecule has 0 bridgehead atoms. The third-order valence-electron chi connectivity index (χ3n) is 7.13. The lowest BCUT2D eigenvalue weighted by Crippen LogP contribution is -2.66. The van der Waals surface area contributed by atoms with Crippen molar-refractivity contribution in [2.24, 2.45) is 5.92 Å². The Balaban J connectivity index is 1.53. The van der Waals surface area contributed by atoms with Crippen molar-refractivity contribution in [3.63, 3.8) is 0 Å². The van der Waals surface area contributed by atoms with E-state index in [1.165, 1.54) is 36.1 Å². The molecule has 12 nitrogen and oxygen atoms in total. The first-order chi connectivity index (χ1) is 20.1. The number of carbonyl (C=O) groups excluding carboxylic acids is 2. The van der Waals surface area contributed by atoms with Gasteiger partial charge in [-0.3, -0.25) is 19.7 Å². The highest BCUT2D eigenvalue weighted by molar-refractivity contribution is 5.89. The fraction of sp³-hybridized carbons (Fsp3) is 0.300. The smallest absolute Gasteiger partial charge is 0.497 e. The van der Waals surface area contributed by atoms with Gasteiger partial charge in [0.1, 0.15) is 24.2 Å². The summed E-state index contributed by atoms with van der Waals surface area (Å²) in [7, 11) is 3.08. The molecule has 1 heterocycles. The van der Waals surface area contributed by atoms with Crippen LogP contribution in [0, 0.1) is 16.0 Å². The van der Waals surface area contributed by atoms with E-state index in [0.717, 1.165) is 11.1 Å². The Bertz CT molecular complexity index is 1380. The zero-order valence-electron chi connectivity index (χ0n) is 23.2. The second-order valence-electron chi connectivity index (χ2n) is 9.67. The Kier molecular flexibility index (Phi) is 9.25. The maximum Gasteiger partial charge on any atom is 0.508 e. The van der Waals surface area contributed by atoms with Gasteiger partial charge in [-0.15, -0.1) is 0 Å². The Morgan fingerprint density at radius 1 is 0.929 bits per heavy atom. The van der Waals surface area contributed by atoms with Crippen molar-refractivity contribution in [2.75, 3.05) is 14.2 Å². The van der Waals surface area contributed by atoms with Gasteiger partial charge in [0.05, 0.1) is 43.6 Å². The molecule has 0 spiro atoms. The minimum Gasteiger partial charge on any atom is -0.497 e. The van der Waals surface area contributed by atoms with Crippen LogP contribution in [0.3, 0.4) is 0 Å². The van der Waals surface area contributed by atoms with Gasteiger partial charge in [0.15, 0.2) is 0 Å². The number of likely N-dealkylation sites (tertiary alicyclic amines) is 1. The molecule has 1 aliphatic rings. The van der Waals surface area contributed by atoms with E-state index < -0.39 is 41.2 Å². The number of nitrogens with zero attached hydrogens (tertiary/aromatic N) is 2. The quantitative estimate of drug-likeness (QED) is 0.138. The third kappa shape index (κ3) is 6.60. The standard InChI is InChI=1S/C30H30N2O10/c1-18(42-30(36)41-17-19-4-10-22(11-5-19)32(37)38)27-25(16-26(33)34)31(29(27)35)28(20-6-12-23(39-2)13-7-20)21-8-14-24(40-3)15-9-21/h4-15,18,25,27-28H,16-17H2,1-3H3,(H,33,34). The van der Waals surface area contributed by atoms with Crippen LogP contribution >= 0.6 is 0 Å².